The molecule has 2 aromatic rings. The van der Waals surface area contributed by atoms with Crippen molar-refractivity contribution in [2.75, 3.05) is 11.4 Å². The Morgan fingerprint density at radius 3 is 2.50 bits per heavy atom. The number of hydrogen-bond acceptors (Lipinski definition) is 4. The van der Waals surface area contributed by atoms with Crippen LogP contribution >= 0.6 is 11.3 Å². The highest BCUT2D eigenvalue weighted by atomic mass is 32.1. The molecule has 1 N–H and O–H groups in total. The normalized spacial score (nSPS) is 11.6. The molecule has 1 heterocycles. The summed E-state index contributed by atoms with van der Waals surface area (Å²) in [5.74, 6) is 0. The first kappa shape index (κ1) is 15.0. The number of rotatable bonds is 5. The molecule has 0 bridgehead atoms. The molecule has 0 saturated carbocycles. The summed E-state index contributed by atoms with van der Waals surface area (Å²) in [4.78, 5) is 6.98. The molecule has 0 aliphatic heterocycles. The number of anilines is 2. The maximum atomic E-state index is 4.74. The van der Waals surface area contributed by atoms with Crippen molar-refractivity contribution in [3.8, 4) is 0 Å². The Bertz CT molecular complexity index is 528. The maximum absolute atomic E-state index is 4.74. The summed E-state index contributed by atoms with van der Waals surface area (Å²) in [5.41, 5.74) is 2.42. The van der Waals surface area contributed by atoms with Crippen LogP contribution in [0.25, 0.3) is 0 Å². The van der Waals surface area contributed by atoms with Gasteiger partial charge >= 0.3 is 0 Å². The lowest BCUT2D eigenvalue weighted by atomic mass is 10.1. The van der Waals surface area contributed by atoms with Crippen molar-refractivity contribution in [1.82, 2.24) is 10.3 Å². The summed E-state index contributed by atoms with van der Waals surface area (Å²) in [6, 6.07) is 10.4. The summed E-state index contributed by atoms with van der Waals surface area (Å²) in [6.07, 6.45) is 0. The van der Waals surface area contributed by atoms with Crippen molar-refractivity contribution in [2.45, 2.75) is 39.8 Å². The number of aromatic nitrogens is 1. The predicted octanol–water partition coefficient (Wildman–Crippen LogP) is 4.19. The first-order valence-electron chi connectivity index (χ1n) is 7.01. The van der Waals surface area contributed by atoms with Crippen LogP contribution < -0.4 is 10.2 Å². The molecule has 3 nitrogen and oxygen atoms in total. The van der Waals surface area contributed by atoms with Crippen molar-refractivity contribution in [3.63, 3.8) is 0 Å². The maximum Gasteiger partial charge on any atom is 0.190 e. The number of para-hydroxylation sites is 1. The molecular formula is C16H23N3S. The van der Waals surface area contributed by atoms with Gasteiger partial charge in [-0.3, -0.25) is 0 Å². The van der Waals surface area contributed by atoms with E-state index in [1.165, 1.54) is 5.69 Å². The molecular weight excluding hydrogens is 266 g/mol. The number of hydrogen-bond donors (Lipinski definition) is 1. The summed E-state index contributed by atoms with van der Waals surface area (Å²) >= 11 is 1.70. The minimum atomic E-state index is 0.119. The second-order valence-electron chi connectivity index (χ2n) is 5.80. The van der Waals surface area contributed by atoms with Gasteiger partial charge in [-0.2, -0.15) is 0 Å². The van der Waals surface area contributed by atoms with Gasteiger partial charge in [-0.1, -0.05) is 18.2 Å². The Labute approximate surface area is 125 Å². The zero-order valence-electron chi connectivity index (χ0n) is 12.7. The molecule has 0 unspecified atom stereocenters. The van der Waals surface area contributed by atoms with E-state index in [2.05, 4.69) is 67.6 Å². The molecule has 0 amide bonds. The van der Waals surface area contributed by atoms with Crippen LogP contribution in [0.4, 0.5) is 10.8 Å². The highest BCUT2D eigenvalue weighted by Gasteiger charge is 2.13. The average molecular weight is 289 g/mol. The Balaban J connectivity index is 2.11. The lowest BCUT2D eigenvalue weighted by Crippen LogP contribution is -2.35. The molecule has 4 heteroatoms. The smallest absolute Gasteiger partial charge is 0.190 e. The zero-order valence-corrected chi connectivity index (χ0v) is 13.5. The van der Waals surface area contributed by atoms with E-state index >= 15 is 0 Å². The van der Waals surface area contributed by atoms with Gasteiger partial charge < -0.3 is 10.2 Å². The number of benzene rings is 1. The molecule has 0 saturated heterocycles. The third kappa shape index (κ3) is 4.05. The lowest BCUT2D eigenvalue weighted by Gasteiger charge is -2.20. The third-order valence-electron chi connectivity index (χ3n) is 2.95. The largest absolute Gasteiger partial charge is 0.318 e. The van der Waals surface area contributed by atoms with Gasteiger partial charge in [-0.25, -0.2) is 4.98 Å². The zero-order chi connectivity index (χ0) is 14.6. The lowest BCUT2D eigenvalue weighted by molar-refractivity contribution is 0.422. The molecule has 1 aromatic carbocycles. The van der Waals surface area contributed by atoms with Crippen LogP contribution in [0, 0.1) is 0 Å². The van der Waals surface area contributed by atoms with Gasteiger partial charge in [0.1, 0.15) is 0 Å². The van der Waals surface area contributed by atoms with Crippen LogP contribution in [0.5, 0.6) is 0 Å². The van der Waals surface area contributed by atoms with Crippen LogP contribution in [0.15, 0.2) is 35.7 Å². The number of nitrogens with zero attached hydrogens (tertiary/aromatic N) is 2. The second kappa shape index (κ2) is 6.37. The molecule has 20 heavy (non-hydrogen) atoms. The van der Waals surface area contributed by atoms with E-state index in [4.69, 9.17) is 4.98 Å². The van der Waals surface area contributed by atoms with Crippen LogP contribution in [-0.2, 0) is 6.54 Å². The molecule has 0 radical (unpaired) electrons. The van der Waals surface area contributed by atoms with Crippen molar-refractivity contribution in [2.24, 2.45) is 0 Å². The van der Waals surface area contributed by atoms with E-state index in [0.717, 1.165) is 23.9 Å². The standard InChI is InChI=1S/C16H23N3S/c1-5-19(14-9-7-6-8-10-14)15-18-13(12-20-15)11-17-16(2,3)4/h6-10,12,17H,5,11H2,1-4H3. The van der Waals surface area contributed by atoms with Gasteiger partial charge in [0.05, 0.1) is 5.69 Å². The monoisotopic (exact) mass is 289 g/mol. The van der Waals surface area contributed by atoms with Crippen LogP contribution in [0.2, 0.25) is 0 Å². The van der Waals surface area contributed by atoms with Gasteiger partial charge in [0.2, 0.25) is 0 Å². The minimum Gasteiger partial charge on any atom is -0.318 e. The van der Waals surface area contributed by atoms with Crippen molar-refractivity contribution in [1.29, 1.82) is 0 Å². The third-order valence-corrected chi connectivity index (χ3v) is 3.87. The highest BCUT2D eigenvalue weighted by molar-refractivity contribution is 7.13. The quantitative estimate of drug-likeness (QED) is 0.894. The summed E-state index contributed by atoms with van der Waals surface area (Å²) in [6.45, 7) is 10.4. The van der Waals surface area contributed by atoms with E-state index in [1.54, 1.807) is 11.3 Å². The molecule has 0 aliphatic rings. The summed E-state index contributed by atoms with van der Waals surface area (Å²) in [7, 11) is 0. The fraction of sp³-hybridized carbons (Fsp3) is 0.438. The van der Waals surface area contributed by atoms with Crippen LogP contribution in [0.3, 0.4) is 0 Å². The molecule has 2 rings (SSSR count). The van der Waals surface area contributed by atoms with E-state index < -0.39 is 0 Å². The van der Waals surface area contributed by atoms with Gasteiger partial charge in [-0.05, 0) is 39.8 Å². The van der Waals surface area contributed by atoms with Crippen LogP contribution in [-0.4, -0.2) is 17.1 Å². The molecule has 1 aromatic heterocycles. The molecule has 0 aliphatic carbocycles. The van der Waals surface area contributed by atoms with Gasteiger partial charge in [0, 0.05) is 29.7 Å². The Kier molecular flexibility index (Phi) is 4.78. The fourth-order valence-corrected chi connectivity index (χ4v) is 2.80. The number of nitrogens with one attached hydrogen (secondary N) is 1. The van der Waals surface area contributed by atoms with Gasteiger partial charge in [0.25, 0.3) is 0 Å². The fourth-order valence-electron chi connectivity index (χ4n) is 1.89. The second-order valence-corrected chi connectivity index (χ2v) is 6.64. The van der Waals surface area contributed by atoms with Gasteiger partial charge in [0.15, 0.2) is 5.13 Å². The van der Waals surface area contributed by atoms with Crippen LogP contribution in [0.1, 0.15) is 33.4 Å². The van der Waals surface area contributed by atoms with Crippen molar-refractivity contribution >= 4 is 22.2 Å². The molecule has 108 valence electrons. The van der Waals surface area contributed by atoms with E-state index in [0.29, 0.717) is 0 Å². The van der Waals surface area contributed by atoms with Crippen molar-refractivity contribution < 1.29 is 0 Å². The Morgan fingerprint density at radius 1 is 1.20 bits per heavy atom. The molecule has 0 spiro atoms. The first-order chi connectivity index (χ1) is 9.49. The molecule has 0 fully saturated rings. The average Bonchev–Trinajstić information content (AvgIpc) is 2.87. The van der Waals surface area contributed by atoms with Gasteiger partial charge in [-0.15, -0.1) is 11.3 Å². The van der Waals surface area contributed by atoms with E-state index in [-0.39, 0.29) is 5.54 Å². The van der Waals surface area contributed by atoms with Crippen molar-refractivity contribution in [3.05, 3.63) is 41.4 Å². The van der Waals surface area contributed by atoms with E-state index in [9.17, 15) is 0 Å². The topological polar surface area (TPSA) is 28.2 Å². The predicted molar refractivity (Wildman–Crippen MR) is 87.8 cm³/mol. The summed E-state index contributed by atoms with van der Waals surface area (Å²) in [5, 5.41) is 6.67. The highest BCUT2D eigenvalue weighted by Crippen LogP contribution is 2.28. The number of thiazole rings is 1. The minimum absolute atomic E-state index is 0.119. The van der Waals surface area contributed by atoms with E-state index in [1.807, 2.05) is 6.07 Å². The Morgan fingerprint density at radius 2 is 1.90 bits per heavy atom. The molecule has 0 atom stereocenters. The first-order valence-corrected chi connectivity index (χ1v) is 7.89. The summed E-state index contributed by atoms with van der Waals surface area (Å²) < 4.78 is 0. The Hall–Kier alpha value is -1.39. The SMILES string of the molecule is CCN(c1ccccc1)c1nc(CNC(C)(C)C)cs1.